The van der Waals surface area contributed by atoms with Gasteiger partial charge in [-0.1, -0.05) is 0 Å². The van der Waals surface area contributed by atoms with Crippen molar-refractivity contribution >= 4 is 31.3 Å². The van der Waals surface area contributed by atoms with Crippen LogP contribution in [0.25, 0.3) is 0 Å². The highest BCUT2D eigenvalue weighted by Crippen LogP contribution is 2.71. The minimum atomic E-state index is -6.03. The van der Waals surface area contributed by atoms with Crippen molar-refractivity contribution in [2.45, 2.75) is 36.8 Å². The maximum absolute atomic E-state index is 11.7. The van der Waals surface area contributed by atoms with E-state index in [2.05, 4.69) is 26.7 Å². The predicted octanol–water partition coefficient (Wildman–Crippen LogP) is -2.33. The van der Waals surface area contributed by atoms with Crippen LogP contribution in [-0.4, -0.2) is 96.6 Å². The van der Waals surface area contributed by atoms with Gasteiger partial charge in [0.15, 0.2) is 6.29 Å². The van der Waals surface area contributed by atoms with E-state index >= 15 is 0 Å². The standard InChI is InChI=1S/C9H20O19P4/c10-4-1-22-6(7(4)12)3-24-29(14,15)26-31(18,19)28-32(20,21)27-30(16,17)25-9-8(13)5(11)2-23-9/h4-13H,1-3H2,(H,14,15)(H,16,17)(H,18,19)(H,20,21)/t4-,5?,6-,7?,8?,9-/m1/s1. The first kappa shape index (κ1) is 28.6. The molecule has 2 aliphatic rings. The van der Waals surface area contributed by atoms with Gasteiger partial charge >= 0.3 is 31.3 Å². The van der Waals surface area contributed by atoms with Crippen molar-refractivity contribution in [2.24, 2.45) is 0 Å². The van der Waals surface area contributed by atoms with Crippen LogP contribution < -0.4 is 0 Å². The van der Waals surface area contributed by atoms with Gasteiger partial charge in [-0.2, -0.15) is 12.9 Å². The molecule has 2 fully saturated rings. The molecule has 2 aliphatic heterocycles. The van der Waals surface area contributed by atoms with Gasteiger partial charge in [0, 0.05) is 0 Å². The highest BCUT2D eigenvalue weighted by Gasteiger charge is 2.48. The molecule has 0 amide bonds. The molecular formula is C9H20O19P4. The van der Waals surface area contributed by atoms with Gasteiger partial charge in [-0.3, -0.25) is 9.05 Å². The van der Waals surface area contributed by atoms with E-state index in [0.29, 0.717) is 0 Å². The third kappa shape index (κ3) is 8.52. The molecule has 190 valence electrons. The second-order valence-electron chi connectivity index (χ2n) is 6.21. The largest absolute Gasteiger partial charge is 0.490 e. The van der Waals surface area contributed by atoms with Crippen LogP contribution in [0.3, 0.4) is 0 Å². The molecule has 0 radical (unpaired) electrons. The first-order valence-corrected chi connectivity index (χ1v) is 14.1. The van der Waals surface area contributed by atoms with Gasteiger partial charge in [-0.15, -0.1) is 0 Å². The minimum absolute atomic E-state index is 0.344. The molecule has 0 aromatic heterocycles. The number of rotatable bonds is 11. The SMILES string of the molecule is O=P(O)(OC[C@H]1OC[C@@H](O)C1O)OP(=O)(O)OP(=O)(O)OP(=O)(O)O[C@H]1OCC(O)C1O. The Morgan fingerprint density at radius 1 is 0.688 bits per heavy atom. The molecule has 19 nitrogen and oxygen atoms in total. The highest BCUT2D eigenvalue weighted by atomic mass is 31.3. The molecule has 2 heterocycles. The summed E-state index contributed by atoms with van der Waals surface area (Å²) in [5, 5.41) is 37.4. The van der Waals surface area contributed by atoms with Crippen molar-refractivity contribution in [3.05, 3.63) is 0 Å². The Morgan fingerprint density at radius 2 is 1.16 bits per heavy atom. The van der Waals surface area contributed by atoms with Gasteiger partial charge in [0.1, 0.15) is 30.5 Å². The Bertz CT molecular complexity index is 847. The Kier molecular flexibility index (Phi) is 9.39. The van der Waals surface area contributed by atoms with Crippen molar-refractivity contribution < 1.29 is 89.7 Å². The average Bonchev–Trinajstić information content (AvgIpc) is 3.06. The molecule has 32 heavy (non-hydrogen) atoms. The van der Waals surface area contributed by atoms with E-state index < -0.39 is 81.3 Å². The second kappa shape index (κ2) is 10.5. The van der Waals surface area contributed by atoms with Gasteiger partial charge < -0.3 is 49.5 Å². The van der Waals surface area contributed by atoms with E-state index in [-0.39, 0.29) is 6.61 Å². The molecule has 10 atom stereocenters. The molecule has 8 N–H and O–H groups in total. The number of aliphatic hydroxyl groups excluding tert-OH is 4. The fourth-order valence-corrected chi connectivity index (χ4v) is 7.27. The summed E-state index contributed by atoms with van der Waals surface area (Å²) >= 11 is 0. The predicted molar refractivity (Wildman–Crippen MR) is 93.1 cm³/mol. The van der Waals surface area contributed by atoms with Gasteiger partial charge in [0.25, 0.3) is 0 Å². The number of ether oxygens (including phenoxy) is 2. The fourth-order valence-electron chi connectivity index (χ4n) is 2.24. The topological polar surface area (TPSA) is 295 Å². The van der Waals surface area contributed by atoms with Crippen molar-refractivity contribution in [2.75, 3.05) is 19.8 Å². The summed E-state index contributed by atoms with van der Waals surface area (Å²) in [6, 6.07) is 0. The number of phosphoric acid groups is 4. The van der Waals surface area contributed by atoms with E-state index in [4.69, 9.17) is 4.74 Å². The fraction of sp³-hybridized carbons (Fsp3) is 1.00. The van der Waals surface area contributed by atoms with Crippen molar-refractivity contribution in [1.29, 1.82) is 0 Å². The smallest absolute Gasteiger partial charge is 0.388 e. The van der Waals surface area contributed by atoms with E-state index in [1.165, 1.54) is 0 Å². The Hall–Kier alpha value is 0.320. The van der Waals surface area contributed by atoms with Crippen LogP contribution in [0.5, 0.6) is 0 Å². The molecule has 0 aliphatic carbocycles. The van der Waals surface area contributed by atoms with Gasteiger partial charge in [-0.25, -0.2) is 18.3 Å². The number of hydrogen-bond acceptors (Lipinski definition) is 15. The van der Waals surface area contributed by atoms with E-state index in [9.17, 15) is 58.3 Å². The summed E-state index contributed by atoms with van der Waals surface area (Å²) in [6.07, 6.45) is -9.56. The Balaban J connectivity index is 1.92. The van der Waals surface area contributed by atoms with Crippen LogP contribution in [0, 0.1) is 0 Å². The summed E-state index contributed by atoms with van der Waals surface area (Å²) in [5.41, 5.74) is 0. The number of hydrogen-bond donors (Lipinski definition) is 8. The average molecular weight is 556 g/mol. The summed E-state index contributed by atoms with van der Waals surface area (Å²) in [5.74, 6) is 0. The molecule has 2 saturated heterocycles. The van der Waals surface area contributed by atoms with Crippen LogP contribution in [0.4, 0.5) is 0 Å². The Morgan fingerprint density at radius 3 is 1.62 bits per heavy atom. The van der Waals surface area contributed by atoms with Crippen molar-refractivity contribution in [3.8, 4) is 0 Å². The highest BCUT2D eigenvalue weighted by molar-refractivity contribution is 7.69. The minimum Gasteiger partial charge on any atom is -0.388 e. The van der Waals surface area contributed by atoms with Crippen molar-refractivity contribution in [1.82, 2.24) is 0 Å². The van der Waals surface area contributed by atoms with E-state index in [0.717, 1.165) is 0 Å². The summed E-state index contributed by atoms with van der Waals surface area (Å²) in [6.45, 7) is -1.81. The summed E-state index contributed by atoms with van der Waals surface area (Å²) in [7, 11) is -23.2. The Labute approximate surface area is 178 Å². The number of aliphatic hydroxyl groups is 4. The van der Waals surface area contributed by atoms with Gasteiger partial charge in [-0.05, 0) is 0 Å². The molecule has 0 bridgehead atoms. The van der Waals surface area contributed by atoms with Crippen LogP contribution in [0.15, 0.2) is 0 Å². The molecule has 7 unspecified atom stereocenters. The third-order valence-electron chi connectivity index (χ3n) is 3.62. The van der Waals surface area contributed by atoms with Crippen LogP contribution >= 0.6 is 31.3 Å². The molecule has 0 saturated carbocycles. The molecular weight excluding hydrogens is 536 g/mol. The first-order chi connectivity index (χ1) is 14.4. The second-order valence-corrected chi connectivity index (χ2v) is 12.4. The van der Waals surface area contributed by atoms with Crippen LogP contribution in [-0.2, 0) is 49.7 Å². The van der Waals surface area contributed by atoms with Crippen LogP contribution in [0.2, 0.25) is 0 Å². The lowest BCUT2D eigenvalue weighted by atomic mass is 10.2. The maximum Gasteiger partial charge on any atom is 0.490 e. The molecule has 0 spiro atoms. The zero-order chi connectivity index (χ0) is 24.5. The van der Waals surface area contributed by atoms with Crippen molar-refractivity contribution in [3.63, 3.8) is 0 Å². The molecule has 23 heteroatoms. The van der Waals surface area contributed by atoms with Gasteiger partial charge in [0.2, 0.25) is 0 Å². The quantitative estimate of drug-likeness (QED) is 0.124. The van der Waals surface area contributed by atoms with Gasteiger partial charge in [0.05, 0.1) is 19.8 Å². The lowest BCUT2D eigenvalue weighted by molar-refractivity contribution is -0.104. The molecule has 0 aromatic carbocycles. The van der Waals surface area contributed by atoms with E-state index in [1.54, 1.807) is 0 Å². The zero-order valence-electron chi connectivity index (χ0n) is 15.4. The van der Waals surface area contributed by atoms with Crippen LogP contribution in [0.1, 0.15) is 0 Å². The van der Waals surface area contributed by atoms with E-state index in [1.807, 2.05) is 0 Å². The zero-order valence-corrected chi connectivity index (χ0v) is 19.0. The molecule has 2 rings (SSSR count). The normalized spacial score (nSPS) is 38.5. The maximum atomic E-state index is 11.7. The first-order valence-electron chi connectivity index (χ1n) is 8.15. The lowest BCUT2D eigenvalue weighted by Gasteiger charge is -2.22. The summed E-state index contributed by atoms with van der Waals surface area (Å²) in [4.78, 5) is 37.6. The summed E-state index contributed by atoms with van der Waals surface area (Å²) < 4.78 is 75.8. The third-order valence-corrected chi connectivity index (χ3v) is 9.52. The lowest BCUT2D eigenvalue weighted by Crippen LogP contribution is -2.32. The number of phosphoric ester groups is 2. The molecule has 0 aromatic rings. The monoisotopic (exact) mass is 556 g/mol.